The van der Waals surface area contributed by atoms with Gasteiger partial charge in [-0.3, -0.25) is 0 Å². The smallest absolute Gasteiger partial charge is 0.0359 e. The first-order valence-electron chi connectivity index (χ1n) is 8.10. The van der Waals surface area contributed by atoms with E-state index in [0.29, 0.717) is 0 Å². The molecule has 4 fully saturated rings. The average Bonchev–Trinajstić information content (AvgIpc) is 2.78. The Morgan fingerprint density at radius 3 is 2.37 bits per heavy atom. The van der Waals surface area contributed by atoms with Crippen molar-refractivity contribution < 1.29 is 0 Å². The predicted molar refractivity (Wildman–Crippen MR) is 77.7 cm³/mol. The summed E-state index contributed by atoms with van der Waals surface area (Å²) >= 11 is 0. The van der Waals surface area contributed by atoms with Gasteiger partial charge in [0.15, 0.2) is 0 Å². The third-order valence-electron chi connectivity index (χ3n) is 6.16. The molecule has 2 nitrogen and oxygen atoms in total. The monoisotopic (exact) mass is 258 g/mol. The number of nitrogens with zero attached hydrogens (tertiary/aromatic N) is 1. The summed E-state index contributed by atoms with van der Waals surface area (Å²) in [6.07, 6.45) is 9.89. The van der Waals surface area contributed by atoms with Crippen LogP contribution in [-0.4, -0.2) is 11.1 Å². The molecule has 19 heavy (non-hydrogen) atoms. The Morgan fingerprint density at radius 2 is 1.79 bits per heavy atom. The molecule has 0 unspecified atom stereocenters. The molecule has 1 aromatic rings. The van der Waals surface area contributed by atoms with E-state index in [4.69, 9.17) is 0 Å². The van der Waals surface area contributed by atoms with Gasteiger partial charge in [0, 0.05) is 25.5 Å². The molecule has 4 bridgehead atoms. The van der Waals surface area contributed by atoms with Gasteiger partial charge in [-0.1, -0.05) is 0 Å². The highest BCUT2D eigenvalue weighted by Crippen LogP contribution is 2.56. The summed E-state index contributed by atoms with van der Waals surface area (Å²) in [5.41, 5.74) is 1.41. The summed E-state index contributed by atoms with van der Waals surface area (Å²) in [6, 6.07) is 4.36. The van der Waals surface area contributed by atoms with Crippen molar-refractivity contribution in [2.75, 3.05) is 6.54 Å². The van der Waals surface area contributed by atoms with Crippen molar-refractivity contribution >= 4 is 0 Å². The largest absolute Gasteiger partial charge is 0.353 e. The third-order valence-corrected chi connectivity index (χ3v) is 6.16. The Labute approximate surface area is 116 Å². The lowest BCUT2D eigenvalue weighted by atomic mass is 9.52. The van der Waals surface area contributed by atoms with Gasteiger partial charge in [0.25, 0.3) is 0 Å². The maximum absolute atomic E-state index is 3.74. The maximum Gasteiger partial charge on any atom is 0.0359 e. The molecule has 0 atom stereocenters. The number of hydrogen-bond acceptors (Lipinski definition) is 1. The van der Waals surface area contributed by atoms with Crippen LogP contribution in [0.15, 0.2) is 18.3 Å². The van der Waals surface area contributed by atoms with Crippen molar-refractivity contribution in [2.45, 2.75) is 38.6 Å². The molecule has 0 saturated heterocycles. The van der Waals surface area contributed by atoms with Crippen molar-refractivity contribution in [3.8, 4) is 0 Å². The van der Waals surface area contributed by atoms with Crippen LogP contribution in [0.3, 0.4) is 0 Å². The molecule has 0 amide bonds. The molecule has 0 spiro atoms. The Hall–Kier alpha value is -0.760. The molecule has 5 rings (SSSR count). The van der Waals surface area contributed by atoms with Crippen LogP contribution in [0.1, 0.15) is 37.8 Å². The molecule has 104 valence electrons. The van der Waals surface area contributed by atoms with E-state index in [1.165, 1.54) is 12.2 Å². The first-order chi connectivity index (χ1) is 9.29. The van der Waals surface area contributed by atoms with E-state index in [0.717, 1.165) is 36.1 Å². The van der Waals surface area contributed by atoms with E-state index < -0.39 is 0 Å². The molecule has 1 aromatic heterocycles. The Balaban J connectivity index is 1.35. The van der Waals surface area contributed by atoms with Gasteiger partial charge < -0.3 is 9.88 Å². The maximum atomic E-state index is 3.74. The first-order valence-corrected chi connectivity index (χ1v) is 8.10. The zero-order valence-corrected chi connectivity index (χ0v) is 12.0. The summed E-state index contributed by atoms with van der Waals surface area (Å²) in [4.78, 5) is 0. The molecule has 0 aliphatic heterocycles. The third kappa shape index (κ3) is 2.14. The van der Waals surface area contributed by atoms with Gasteiger partial charge in [0.05, 0.1) is 0 Å². The second-order valence-corrected chi connectivity index (χ2v) is 7.34. The zero-order chi connectivity index (χ0) is 12.8. The van der Waals surface area contributed by atoms with Crippen LogP contribution in [0, 0.1) is 29.6 Å². The Kier molecular flexibility index (Phi) is 2.95. The van der Waals surface area contributed by atoms with Gasteiger partial charge in [-0.25, -0.2) is 0 Å². The summed E-state index contributed by atoms with van der Waals surface area (Å²) in [5.74, 6) is 5.29. The van der Waals surface area contributed by atoms with Crippen molar-refractivity contribution in [1.82, 2.24) is 9.88 Å². The lowest BCUT2D eigenvalue weighted by Crippen LogP contribution is -2.48. The highest BCUT2D eigenvalue weighted by molar-refractivity contribution is 5.06. The van der Waals surface area contributed by atoms with Gasteiger partial charge in [-0.05, 0) is 80.4 Å². The summed E-state index contributed by atoms with van der Waals surface area (Å²) in [6.45, 7) is 2.28. The van der Waals surface area contributed by atoms with E-state index >= 15 is 0 Å². The summed E-state index contributed by atoms with van der Waals surface area (Å²) in [5, 5.41) is 3.74. The van der Waals surface area contributed by atoms with Crippen LogP contribution < -0.4 is 5.32 Å². The second-order valence-electron chi connectivity index (χ2n) is 7.34. The van der Waals surface area contributed by atoms with E-state index in [2.05, 4.69) is 35.3 Å². The Bertz CT molecular complexity index is 420. The molecular weight excluding hydrogens is 232 g/mol. The van der Waals surface area contributed by atoms with Crippen LogP contribution >= 0.6 is 0 Å². The number of nitrogens with one attached hydrogen (secondary N) is 1. The lowest BCUT2D eigenvalue weighted by molar-refractivity contribution is -0.0356. The molecule has 4 aliphatic carbocycles. The van der Waals surface area contributed by atoms with Crippen LogP contribution in [0.5, 0.6) is 0 Å². The predicted octanol–water partition coefficient (Wildman–Crippen LogP) is 3.19. The number of hydrogen-bond donors (Lipinski definition) is 1. The summed E-state index contributed by atoms with van der Waals surface area (Å²) < 4.78 is 2.23. The van der Waals surface area contributed by atoms with Gasteiger partial charge in [-0.15, -0.1) is 0 Å². The van der Waals surface area contributed by atoms with E-state index in [1.807, 2.05) is 0 Å². The van der Waals surface area contributed by atoms with E-state index in [-0.39, 0.29) is 0 Å². The topological polar surface area (TPSA) is 17.0 Å². The normalized spacial score (nSPS) is 39.9. The number of aryl methyl sites for hydroxylation is 1. The van der Waals surface area contributed by atoms with Crippen LogP contribution in [-0.2, 0) is 13.6 Å². The lowest BCUT2D eigenvalue weighted by Gasteiger charge is -2.54. The minimum atomic E-state index is 0.980. The molecule has 4 saturated carbocycles. The van der Waals surface area contributed by atoms with Gasteiger partial charge >= 0.3 is 0 Å². The molecule has 1 N–H and O–H groups in total. The van der Waals surface area contributed by atoms with Crippen molar-refractivity contribution in [2.24, 2.45) is 36.6 Å². The molecular formula is C17H26N2. The van der Waals surface area contributed by atoms with E-state index in [9.17, 15) is 0 Å². The van der Waals surface area contributed by atoms with Gasteiger partial charge in [0.1, 0.15) is 0 Å². The molecule has 1 heterocycles. The highest BCUT2D eigenvalue weighted by atomic mass is 15.0. The van der Waals surface area contributed by atoms with Crippen molar-refractivity contribution in [3.05, 3.63) is 24.0 Å². The van der Waals surface area contributed by atoms with E-state index in [1.54, 1.807) is 32.1 Å². The molecule has 0 aromatic carbocycles. The molecule has 4 aliphatic rings. The number of rotatable bonds is 4. The quantitative estimate of drug-likeness (QED) is 0.877. The van der Waals surface area contributed by atoms with Crippen LogP contribution in [0.25, 0.3) is 0 Å². The fourth-order valence-corrected chi connectivity index (χ4v) is 5.42. The Morgan fingerprint density at radius 1 is 1.11 bits per heavy atom. The van der Waals surface area contributed by atoms with Crippen LogP contribution in [0.4, 0.5) is 0 Å². The number of aromatic nitrogens is 1. The zero-order valence-electron chi connectivity index (χ0n) is 12.0. The standard InChI is InChI=1S/C17H26N2/c1-19-4-2-3-16(19)10-18-11-17-14-6-12-5-13(8-14)9-15(17)7-12/h2-4,12-15,17-18H,5-11H2,1H3. The van der Waals surface area contributed by atoms with Gasteiger partial charge in [-0.2, -0.15) is 0 Å². The fourth-order valence-electron chi connectivity index (χ4n) is 5.42. The minimum Gasteiger partial charge on any atom is -0.353 e. The SMILES string of the molecule is Cn1cccc1CNCC1C2CC3CC(C2)CC1C3. The summed E-state index contributed by atoms with van der Waals surface area (Å²) in [7, 11) is 2.14. The molecule has 2 heteroatoms. The van der Waals surface area contributed by atoms with Crippen LogP contribution in [0.2, 0.25) is 0 Å². The minimum absolute atomic E-state index is 0.980. The highest BCUT2D eigenvalue weighted by Gasteiger charge is 2.47. The molecule has 0 radical (unpaired) electrons. The first kappa shape index (κ1) is 12.0. The second kappa shape index (κ2) is 4.66. The van der Waals surface area contributed by atoms with Crippen molar-refractivity contribution in [3.63, 3.8) is 0 Å². The average molecular weight is 258 g/mol. The van der Waals surface area contributed by atoms with Gasteiger partial charge in [0.2, 0.25) is 0 Å². The fraction of sp³-hybridized carbons (Fsp3) is 0.765. The van der Waals surface area contributed by atoms with Crippen molar-refractivity contribution in [1.29, 1.82) is 0 Å².